The van der Waals surface area contributed by atoms with Gasteiger partial charge in [0, 0.05) is 23.1 Å². The number of ether oxygens (including phenoxy) is 1. The average Bonchev–Trinajstić information content (AvgIpc) is 3.63. The molecule has 9 rings (SSSR count). The van der Waals surface area contributed by atoms with Crippen LogP contribution < -0.4 is 22.1 Å². The molecule has 0 unspecified atom stereocenters. The van der Waals surface area contributed by atoms with Gasteiger partial charge < -0.3 is 26.5 Å². The Hall–Kier alpha value is -6.46. The molecule has 8 heteroatoms. The molecule has 243 valence electrons. The van der Waals surface area contributed by atoms with E-state index in [0.29, 0.717) is 23.0 Å². The Morgan fingerprint density at radius 3 is 1.80 bits per heavy atom. The summed E-state index contributed by atoms with van der Waals surface area (Å²) in [5.74, 6) is 3.34. The molecule has 2 heterocycles. The SMILES string of the molecule is c1ccc(N(c2ccccc2)c2ccc([O][Al][O]c3cc(N4c5ccccc5Oc5ccccc54)ccc3-c3nc4ccccc4o3)cc2)cc1. The van der Waals surface area contributed by atoms with Gasteiger partial charge in [-0.15, -0.1) is 0 Å². The summed E-state index contributed by atoms with van der Waals surface area (Å²) in [7, 11) is 0. The lowest BCUT2D eigenvalue weighted by molar-refractivity contribution is 0.458. The maximum atomic E-state index is 6.51. The van der Waals surface area contributed by atoms with Crippen LogP contribution >= 0.6 is 0 Å². The molecule has 0 atom stereocenters. The maximum absolute atomic E-state index is 6.51. The van der Waals surface area contributed by atoms with Crippen molar-refractivity contribution in [3.8, 4) is 34.5 Å². The highest BCUT2D eigenvalue weighted by Crippen LogP contribution is 2.51. The molecule has 0 fully saturated rings. The molecule has 7 nitrogen and oxygen atoms in total. The third-order valence-electron chi connectivity index (χ3n) is 8.66. The summed E-state index contributed by atoms with van der Waals surface area (Å²) in [6.07, 6.45) is 0. The molecule has 0 bridgehead atoms. The van der Waals surface area contributed by atoms with Crippen LogP contribution in [0.15, 0.2) is 180 Å². The smallest absolute Gasteiger partial charge is 0.616 e. The van der Waals surface area contributed by atoms with Crippen LogP contribution in [0.2, 0.25) is 0 Å². The first-order valence-electron chi connectivity index (χ1n) is 16.6. The number of hydrogen-bond acceptors (Lipinski definition) is 7. The third-order valence-corrected chi connectivity index (χ3v) is 9.38. The molecular weight excluding hydrogens is 649 g/mol. The predicted molar refractivity (Wildman–Crippen MR) is 202 cm³/mol. The van der Waals surface area contributed by atoms with Crippen molar-refractivity contribution in [1.82, 2.24) is 4.98 Å². The molecule has 0 saturated heterocycles. The zero-order valence-corrected chi connectivity index (χ0v) is 28.4. The van der Waals surface area contributed by atoms with Crippen LogP contribution in [0.1, 0.15) is 0 Å². The molecule has 0 spiro atoms. The van der Waals surface area contributed by atoms with Crippen LogP contribution in [0.25, 0.3) is 22.6 Å². The van der Waals surface area contributed by atoms with Crippen LogP contribution in [0.5, 0.6) is 23.0 Å². The number of hydrogen-bond donors (Lipinski definition) is 0. The quantitative estimate of drug-likeness (QED) is 0.141. The summed E-state index contributed by atoms with van der Waals surface area (Å²) in [5, 5.41) is 0. The van der Waals surface area contributed by atoms with E-state index in [0.717, 1.165) is 56.7 Å². The van der Waals surface area contributed by atoms with E-state index in [2.05, 4.69) is 64.4 Å². The zero-order chi connectivity index (χ0) is 34.0. The summed E-state index contributed by atoms with van der Waals surface area (Å²) in [4.78, 5) is 9.18. The molecule has 0 saturated carbocycles. The van der Waals surface area contributed by atoms with E-state index in [1.54, 1.807) is 0 Å². The monoisotopic (exact) mass is 678 g/mol. The van der Waals surface area contributed by atoms with Crippen molar-refractivity contribution in [3.05, 3.63) is 176 Å². The van der Waals surface area contributed by atoms with Crippen molar-refractivity contribution in [2.75, 3.05) is 9.80 Å². The lowest BCUT2D eigenvalue weighted by atomic mass is 10.1. The van der Waals surface area contributed by atoms with Gasteiger partial charge in [0.25, 0.3) is 0 Å². The number of oxazole rings is 1. The highest BCUT2D eigenvalue weighted by Gasteiger charge is 2.27. The number of anilines is 6. The van der Waals surface area contributed by atoms with Gasteiger partial charge in [0.05, 0.1) is 34.1 Å². The number of nitrogens with zero attached hydrogens (tertiary/aromatic N) is 3. The zero-order valence-electron chi connectivity index (χ0n) is 27.3. The highest BCUT2D eigenvalue weighted by molar-refractivity contribution is 6.21. The van der Waals surface area contributed by atoms with Gasteiger partial charge in [-0.3, -0.25) is 0 Å². The number of fused-ring (bicyclic) bond motifs is 3. The van der Waals surface area contributed by atoms with Gasteiger partial charge >= 0.3 is 15.9 Å². The minimum Gasteiger partial charge on any atom is -0.616 e. The molecule has 1 aliphatic heterocycles. The first kappa shape index (κ1) is 30.6. The van der Waals surface area contributed by atoms with Gasteiger partial charge in [0.1, 0.15) is 5.52 Å². The van der Waals surface area contributed by atoms with Gasteiger partial charge in [0.15, 0.2) is 17.1 Å². The van der Waals surface area contributed by atoms with E-state index in [9.17, 15) is 0 Å². The number of aromatic nitrogens is 1. The Bertz CT molecular complexity index is 2340. The van der Waals surface area contributed by atoms with Crippen LogP contribution in [0.3, 0.4) is 0 Å². The normalized spacial score (nSPS) is 11.6. The predicted octanol–water partition coefficient (Wildman–Crippen LogP) is 11.5. The molecule has 0 N–H and O–H groups in total. The fourth-order valence-electron chi connectivity index (χ4n) is 6.30. The second kappa shape index (κ2) is 13.5. The van der Waals surface area contributed by atoms with E-state index >= 15 is 0 Å². The third kappa shape index (κ3) is 6.04. The van der Waals surface area contributed by atoms with Gasteiger partial charge in [0.2, 0.25) is 5.89 Å². The Labute approximate surface area is 301 Å². The highest BCUT2D eigenvalue weighted by atomic mass is 27.2. The van der Waals surface area contributed by atoms with Crippen molar-refractivity contribution in [1.29, 1.82) is 0 Å². The molecule has 0 amide bonds. The van der Waals surface area contributed by atoms with Crippen molar-refractivity contribution in [3.63, 3.8) is 0 Å². The fraction of sp³-hybridized carbons (Fsp3) is 0. The summed E-state index contributed by atoms with van der Waals surface area (Å²) < 4.78 is 25.2. The van der Waals surface area contributed by atoms with Gasteiger partial charge in [-0.05, 0) is 97.1 Å². The molecule has 7 aromatic carbocycles. The van der Waals surface area contributed by atoms with Crippen LogP contribution in [-0.4, -0.2) is 20.9 Å². The molecular formula is C43H29AlN3O4. The van der Waals surface area contributed by atoms with E-state index in [-0.39, 0.29) is 0 Å². The van der Waals surface area contributed by atoms with Crippen molar-refractivity contribution >= 4 is 61.1 Å². The first-order chi connectivity index (χ1) is 25.3. The van der Waals surface area contributed by atoms with E-state index in [1.807, 2.05) is 121 Å². The second-order valence-electron chi connectivity index (χ2n) is 11.9. The van der Waals surface area contributed by atoms with E-state index in [4.69, 9.17) is 21.7 Å². The molecule has 51 heavy (non-hydrogen) atoms. The summed E-state index contributed by atoms with van der Waals surface area (Å²) in [5.41, 5.74) is 8.15. The average molecular weight is 679 g/mol. The molecule has 8 aromatic rings. The topological polar surface area (TPSA) is 60.2 Å². The van der Waals surface area contributed by atoms with Gasteiger partial charge in [-0.2, -0.15) is 0 Å². The molecule has 1 radical (unpaired) electrons. The molecule has 1 aliphatic rings. The Morgan fingerprint density at radius 1 is 0.549 bits per heavy atom. The Morgan fingerprint density at radius 2 is 1.14 bits per heavy atom. The van der Waals surface area contributed by atoms with Crippen LogP contribution in [0, 0.1) is 0 Å². The van der Waals surface area contributed by atoms with Gasteiger partial charge in [-0.25, -0.2) is 4.98 Å². The maximum Gasteiger partial charge on any atom is 0.881 e. The number of benzene rings is 7. The summed E-state index contributed by atoms with van der Waals surface area (Å²) in [6, 6.07) is 58.5. The fourth-order valence-corrected chi connectivity index (χ4v) is 6.92. The molecule has 0 aliphatic carbocycles. The Balaban J connectivity index is 1.03. The van der Waals surface area contributed by atoms with Gasteiger partial charge in [-0.1, -0.05) is 72.8 Å². The molecule has 1 aromatic heterocycles. The Kier molecular flexibility index (Phi) is 8.07. The van der Waals surface area contributed by atoms with E-state index in [1.165, 1.54) is 0 Å². The largest absolute Gasteiger partial charge is 0.881 e. The number of rotatable bonds is 9. The van der Waals surface area contributed by atoms with Crippen molar-refractivity contribution in [2.24, 2.45) is 0 Å². The lowest BCUT2D eigenvalue weighted by Gasteiger charge is -2.33. The van der Waals surface area contributed by atoms with Crippen molar-refractivity contribution in [2.45, 2.75) is 0 Å². The number of para-hydroxylation sites is 8. The summed E-state index contributed by atoms with van der Waals surface area (Å²) in [6.45, 7) is 0. The van der Waals surface area contributed by atoms with Crippen molar-refractivity contribution < 1.29 is 16.7 Å². The standard InChI is InChI=1S/C25H16N2O3.C18H15NO.Al/c28-21-15-16(13-14-17(21)25-26-18-7-1-4-10-22(18)30-25)27-19-8-2-5-11-23(19)29-24-12-6-3-9-20(24)27;20-18-13-11-17(12-14-18)19(15-7-3-1-4-8-15)16-9-5-2-6-10-16;/h1-15,28H;1-14,20H;/q;;+2/p-2. The van der Waals surface area contributed by atoms with Crippen LogP contribution in [-0.2, 0) is 0 Å². The minimum atomic E-state index is -0.951. The summed E-state index contributed by atoms with van der Waals surface area (Å²) >= 11 is -0.951. The van der Waals surface area contributed by atoms with E-state index < -0.39 is 15.9 Å². The minimum absolute atomic E-state index is 0.478. The van der Waals surface area contributed by atoms with Crippen LogP contribution in [0.4, 0.5) is 34.1 Å². The lowest BCUT2D eigenvalue weighted by Crippen LogP contribution is -2.16. The second-order valence-corrected chi connectivity index (χ2v) is 12.5. The first-order valence-corrected chi connectivity index (χ1v) is 17.5.